The first-order valence-electron chi connectivity index (χ1n) is 17.0. The number of hydrogen-bond donors (Lipinski definition) is 1. The second kappa shape index (κ2) is 29.5. The van der Waals surface area contributed by atoms with E-state index in [1.54, 1.807) is 0 Å². The number of rotatable bonds is 31. The van der Waals surface area contributed by atoms with Crippen LogP contribution in [0.25, 0.3) is 0 Å². The largest absolute Gasteiger partial charge is 0.394 e. The highest BCUT2D eigenvalue weighted by Crippen LogP contribution is 2.22. The van der Waals surface area contributed by atoms with Gasteiger partial charge in [-0.25, -0.2) is 0 Å². The maximum atomic E-state index is 6.48. The number of unbranched alkanes of at least 4 members (excludes halogenated alkanes) is 22. The van der Waals surface area contributed by atoms with E-state index in [2.05, 4.69) is 39.9 Å². The molecule has 0 rings (SSSR count). The fourth-order valence-corrected chi connectivity index (χ4v) is 8.57. The molecule has 0 heterocycles. The molecule has 0 fully saturated rings. The minimum absolute atomic E-state index is 0.573. The summed E-state index contributed by atoms with van der Waals surface area (Å²) in [6.45, 7) is 11.0. The predicted molar refractivity (Wildman–Crippen MR) is 174 cm³/mol. The molecule has 224 valence electrons. The van der Waals surface area contributed by atoms with Crippen molar-refractivity contribution in [1.82, 2.24) is 0 Å². The Morgan fingerprint density at radius 3 is 1.03 bits per heavy atom. The van der Waals surface area contributed by atoms with Crippen molar-refractivity contribution in [2.24, 2.45) is 5.92 Å². The van der Waals surface area contributed by atoms with Crippen LogP contribution >= 0.6 is 12.6 Å². The molecule has 0 saturated heterocycles. The molecule has 0 spiro atoms. The molecule has 0 amide bonds. The maximum Gasteiger partial charge on any atom is 0.335 e. The van der Waals surface area contributed by atoms with Crippen molar-refractivity contribution < 1.29 is 8.85 Å². The van der Waals surface area contributed by atoms with Crippen molar-refractivity contribution in [3.05, 3.63) is 0 Å². The SMILES string of the molecule is CCCCCCCCCCCCCCO[Si](C)(CC(C)CS)OCCCCCCCCCCCCCC. The van der Waals surface area contributed by atoms with Gasteiger partial charge in [0.15, 0.2) is 0 Å². The molecule has 0 saturated carbocycles. The summed E-state index contributed by atoms with van der Waals surface area (Å²) >= 11 is 4.52. The Hall–Kier alpha value is 0.487. The molecule has 0 aliphatic rings. The lowest BCUT2D eigenvalue weighted by molar-refractivity contribution is 0.163. The van der Waals surface area contributed by atoms with E-state index < -0.39 is 8.56 Å². The van der Waals surface area contributed by atoms with Gasteiger partial charge in [-0.2, -0.15) is 12.6 Å². The smallest absolute Gasteiger partial charge is 0.335 e. The quantitative estimate of drug-likeness (QED) is 0.0518. The summed E-state index contributed by atoms with van der Waals surface area (Å²) in [5, 5.41) is 0. The van der Waals surface area contributed by atoms with Gasteiger partial charge in [-0.3, -0.25) is 0 Å². The fraction of sp³-hybridized carbons (Fsp3) is 1.00. The molecule has 0 aromatic heterocycles. The molecular formula is C33H70O2SSi. The van der Waals surface area contributed by atoms with Gasteiger partial charge in [-0.05, 0) is 37.1 Å². The molecule has 0 radical (unpaired) electrons. The Morgan fingerprint density at radius 2 is 0.757 bits per heavy atom. The number of thiol groups is 1. The van der Waals surface area contributed by atoms with Gasteiger partial charge in [-0.1, -0.05) is 162 Å². The third-order valence-electron chi connectivity index (χ3n) is 7.84. The van der Waals surface area contributed by atoms with E-state index in [0.29, 0.717) is 5.92 Å². The van der Waals surface area contributed by atoms with Crippen molar-refractivity contribution >= 4 is 21.2 Å². The Morgan fingerprint density at radius 1 is 0.486 bits per heavy atom. The fourth-order valence-electron chi connectivity index (χ4n) is 5.32. The third kappa shape index (κ3) is 27.8. The van der Waals surface area contributed by atoms with E-state index in [-0.39, 0.29) is 0 Å². The van der Waals surface area contributed by atoms with Crippen molar-refractivity contribution in [2.45, 2.75) is 187 Å². The molecule has 37 heavy (non-hydrogen) atoms. The molecule has 4 heteroatoms. The molecule has 0 aromatic carbocycles. The Bertz CT molecular complexity index is 405. The Labute approximate surface area is 241 Å². The lowest BCUT2D eigenvalue weighted by Crippen LogP contribution is -2.41. The maximum absolute atomic E-state index is 6.48. The molecule has 0 aliphatic carbocycles. The first kappa shape index (κ1) is 37.5. The van der Waals surface area contributed by atoms with Crippen LogP contribution in [-0.4, -0.2) is 27.5 Å². The Kier molecular flexibility index (Phi) is 29.9. The summed E-state index contributed by atoms with van der Waals surface area (Å²) in [4.78, 5) is 0. The minimum atomic E-state index is -2.08. The van der Waals surface area contributed by atoms with Crippen LogP contribution in [0.2, 0.25) is 12.6 Å². The van der Waals surface area contributed by atoms with Gasteiger partial charge in [0.2, 0.25) is 0 Å². The lowest BCUT2D eigenvalue weighted by Gasteiger charge is -2.29. The molecule has 0 aromatic rings. The van der Waals surface area contributed by atoms with E-state index in [4.69, 9.17) is 8.85 Å². The van der Waals surface area contributed by atoms with Gasteiger partial charge in [0.1, 0.15) is 0 Å². The average molecular weight is 559 g/mol. The summed E-state index contributed by atoms with van der Waals surface area (Å²) < 4.78 is 13.0. The molecule has 1 unspecified atom stereocenters. The summed E-state index contributed by atoms with van der Waals surface area (Å²) in [6, 6.07) is 1.08. The molecular weight excluding hydrogens is 489 g/mol. The van der Waals surface area contributed by atoms with Crippen molar-refractivity contribution in [3.63, 3.8) is 0 Å². The zero-order chi connectivity index (χ0) is 27.3. The standard InChI is InChI=1S/C33H70O2SSi/c1-5-7-9-11-13-15-17-19-21-23-25-27-29-34-37(4,32-33(3)31-36)35-30-28-26-24-22-20-18-16-14-12-10-8-6-2/h33,36H,5-32H2,1-4H3. The first-order valence-corrected chi connectivity index (χ1v) is 20.1. The number of hydrogen-bond acceptors (Lipinski definition) is 3. The van der Waals surface area contributed by atoms with Gasteiger partial charge >= 0.3 is 8.56 Å². The van der Waals surface area contributed by atoms with Crippen LogP contribution in [0.4, 0.5) is 0 Å². The molecule has 0 N–H and O–H groups in total. The van der Waals surface area contributed by atoms with Crippen LogP contribution in [0.1, 0.15) is 175 Å². The van der Waals surface area contributed by atoms with Crippen LogP contribution in [0.15, 0.2) is 0 Å². The first-order chi connectivity index (χ1) is 18.1. The van der Waals surface area contributed by atoms with Gasteiger partial charge in [0, 0.05) is 13.2 Å². The van der Waals surface area contributed by atoms with Crippen molar-refractivity contribution in [2.75, 3.05) is 19.0 Å². The monoisotopic (exact) mass is 558 g/mol. The highest BCUT2D eigenvalue weighted by molar-refractivity contribution is 7.80. The highest BCUT2D eigenvalue weighted by Gasteiger charge is 2.33. The van der Waals surface area contributed by atoms with E-state index in [0.717, 1.165) is 25.0 Å². The topological polar surface area (TPSA) is 18.5 Å². The van der Waals surface area contributed by atoms with E-state index in [1.807, 2.05) is 0 Å². The second-order valence-electron chi connectivity index (χ2n) is 12.1. The highest BCUT2D eigenvalue weighted by atomic mass is 32.1. The zero-order valence-electron chi connectivity index (χ0n) is 26.1. The van der Waals surface area contributed by atoms with Gasteiger partial charge in [0.05, 0.1) is 0 Å². The van der Waals surface area contributed by atoms with Crippen LogP contribution in [0.3, 0.4) is 0 Å². The predicted octanol–water partition coefficient (Wildman–Crippen LogP) is 12.1. The summed E-state index contributed by atoms with van der Waals surface area (Å²) in [5.41, 5.74) is 0. The second-order valence-corrected chi connectivity index (χ2v) is 15.7. The van der Waals surface area contributed by atoms with E-state index in [1.165, 1.54) is 154 Å². The Balaban J connectivity index is 3.77. The molecule has 0 bridgehead atoms. The minimum Gasteiger partial charge on any atom is -0.394 e. The summed E-state index contributed by atoms with van der Waals surface area (Å²) in [7, 11) is -2.08. The van der Waals surface area contributed by atoms with Gasteiger partial charge < -0.3 is 8.85 Å². The average Bonchev–Trinajstić information content (AvgIpc) is 2.89. The summed E-state index contributed by atoms with van der Waals surface area (Å²) in [5.74, 6) is 1.50. The third-order valence-corrected chi connectivity index (χ3v) is 11.5. The van der Waals surface area contributed by atoms with Gasteiger partial charge in [0.25, 0.3) is 0 Å². The summed E-state index contributed by atoms with van der Waals surface area (Å²) in [6.07, 6.45) is 33.3. The van der Waals surface area contributed by atoms with Crippen LogP contribution in [0.5, 0.6) is 0 Å². The van der Waals surface area contributed by atoms with E-state index in [9.17, 15) is 0 Å². The van der Waals surface area contributed by atoms with Crippen molar-refractivity contribution in [1.29, 1.82) is 0 Å². The van der Waals surface area contributed by atoms with E-state index >= 15 is 0 Å². The van der Waals surface area contributed by atoms with Crippen LogP contribution in [0, 0.1) is 5.92 Å². The zero-order valence-corrected chi connectivity index (χ0v) is 28.0. The molecule has 1 atom stereocenters. The lowest BCUT2D eigenvalue weighted by atomic mass is 10.1. The van der Waals surface area contributed by atoms with Crippen LogP contribution in [-0.2, 0) is 8.85 Å². The van der Waals surface area contributed by atoms with Gasteiger partial charge in [-0.15, -0.1) is 0 Å². The molecule has 2 nitrogen and oxygen atoms in total. The van der Waals surface area contributed by atoms with Crippen molar-refractivity contribution in [3.8, 4) is 0 Å². The van der Waals surface area contributed by atoms with Crippen LogP contribution < -0.4 is 0 Å². The molecule has 0 aliphatic heterocycles. The normalized spacial score (nSPS) is 12.9.